The van der Waals surface area contributed by atoms with Crippen molar-refractivity contribution in [2.24, 2.45) is 5.92 Å². The van der Waals surface area contributed by atoms with E-state index in [1.807, 2.05) is 0 Å². The summed E-state index contributed by atoms with van der Waals surface area (Å²) in [6.45, 7) is 2.28. The zero-order valence-corrected chi connectivity index (χ0v) is 10.6. The van der Waals surface area contributed by atoms with Crippen LogP contribution in [-0.2, 0) is 9.47 Å². The summed E-state index contributed by atoms with van der Waals surface area (Å²) in [4.78, 5) is 0. The molecule has 0 aromatic heterocycles. The minimum atomic E-state index is -0.268. The molecule has 3 heteroatoms. The highest BCUT2D eigenvalue weighted by atomic mass is 28.2. The third-order valence-electron chi connectivity index (χ3n) is 3.41. The molecule has 1 fully saturated rings. The smallest absolute Gasteiger partial charge is 0.146 e. The molecule has 0 spiro atoms. The highest BCUT2D eigenvalue weighted by Crippen LogP contribution is 2.34. The third-order valence-corrected chi connectivity index (χ3v) is 5.55. The van der Waals surface area contributed by atoms with Crippen LogP contribution >= 0.6 is 0 Å². The summed E-state index contributed by atoms with van der Waals surface area (Å²) in [5, 5.41) is 0. The molecule has 1 rings (SSSR count). The molecule has 0 bridgehead atoms. The maximum Gasteiger partial charge on any atom is 0.146 e. The Morgan fingerprint density at radius 2 is 1.62 bits per heavy atom. The molecule has 0 N–H and O–H groups in total. The van der Waals surface area contributed by atoms with Crippen LogP contribution in [0.5, 0.6) is 0 Å². The van der Waals surface area contributed by atoms with Gasteiger partial charge in [0.25, 0.3) is 0 Å². The lowest BCUT2D eigenvalue weighted by Crippen LogP contribution is -2.47. The lowest BCUT2D eigenvalue weighted by Gasteiger charge is -2.39. The van der Waals surface area contributed by atoms with Crippen molar-refractivity contribution in [3.63, 3.8) is 0 Å². The number of rotatable bonds is 4. The molecule has 0 unspecified atom stereocenters. The molecule has 2 nitrogen and oxygen atoms in total. The minimum absolute atomic E-state index is 0.166. The van der Waals surface area contributed by atoms with E-state index in [1.54, 1.807) is 14.2 Å². The predicted octanol–water partition coefficient (Wildman–Crippen LogP) is 1.73. The van der Waals surface area contributed by atoms with Gasteiger partial charge in [-0.3, -0.25) is 0 Å². The molecule has 0 heterocycles. The van der Waals surface area contributed by atoms with Crippen molar-refractivity contribution in [2.75, 3.05) is 14.2 Å². The summed E-state index contributed by atoms with van der Waals surface area (Å²) >= 11 is 0. The van der Waals surface area contributed by atoms with Gasteiger partial charge in [-0.1, -0.05) is 25.8 Å². The highest BCUT2D eigenvalue weighted by molar-refractivity contribution is 6.37. The number of methoxy groups -OCH3 is 2. The maximum atomic E-state index is 5.62. The van der Waals surface area contributed by atoms with Crippen LogP contribution in [0.15, 0.2) is 0 Å². The Balaban J connectivity index is 2.60. The van der Waals surface area contributed by atoms with Gasteiger partial charge in [-0.15, -0.1) is 0 Å². The van der Waals surface area contributed by atoms with Crippen LogP contribution in [0.2, 0.25) is 6.55 Å². The van der Waals surface area contributed by atoms with Crippen LogP contribution in [-0.4, -0.2) is 29.1 Å². The van der Waals surface area contributed by atoms with Crippen LogP contribution < -0.4 is 0 Å². The summed E-state index contributed by atoms with van der Waals surface area (Å²) in [5.41, 5.74) is -0.166. The van der Waals surface area contributed by atoms with Crippen LogP contribution in [0.1, 0.15) is 32.1 Å². The van der Waals surface area contributed by atoms with Crippen molar-refractivity contribution < 1.29 is 9.47 Å². The molecule has 0 atom stereocenters. The summed E-state index contributed by atoms with van der Waals surface area (Å²) in [6.07, 6.45) is 6.69. The summed E-state index contributed by atoms with van der Waals surface area (Å²) in [7, 11) is 3.33. The normalized spacial score (nSPS) is 21.5. The second kappa shape index (κ2) is 5.13. The standard InChI is InChI=1S/C10H22O2Si/c1-11-10(12-2,13-3)9-7-5-4-6-8-9/h9H,4-8,13H2,1-3H3. The number of hydrogen-bond acceptors (Lipinski definition) is 2. The van der Waals surface area contributed by atoms with E-state index in [0.29, 0.717) is 5.92 Å². The van der Waals surface area contributed by atoms with Crippen LogP contribution in [0.3, 0.4) is 0 Å². The van der Waals surface area contributed by atoms with E-state index in [2.05, 4.69) is 6.55 Å². The van der Waals surface area contributed by atoms with E-state index in [9.17, 15) is 0 Å². The van der Waals surface area contributed by atoms with Gasteiger partial charge in [-0.2, -0.15) is 0 Å². The van der Waals surface area contributed by atoms with Gasteiger partial charge >= 0.3 is 0 Å². The average molecular weight is 202 g/mol. The molecule has 78 valence electrons. The maximum absolute atomic E-state index is 5.62. The fourth-order valence-corrected chi connectivity index (χ4v) is 4.10. The van der Waals surface area contributed by atoms with E-state index in [4.69, 9.17) is 9.47 Å². The first-order valence-electron chi connectivity index (χ1n) is 5.39. The van der Waals surface area contributed by atoms with E-state index in [1.165, 1.54) is 32.1 Å². The molecule has 0 aromatic rings. The summed E-state index contributed by atoms with van der Waals surface area (Å²) in [5.74, 6) is 0.660. The Hall–Kier alpha value is 0.137. The van der Waals surface area contributed by atoms with Gasteiger partial charge in [0, 0.05) is 20.1 Å². The predicted molar refractivity (Wildman–Crippen MR) is 57.7 cm³/mol. The van der Waals surface area contributed by atoms with Crippen LogP contribution in [0, 0.1) is 5.92 Å². The Bertz CT molecular complexity index is 132. The van der Waals surface area contributed by atoms with Gasteiger partial charge in [0.2, 0.25) is 0 Å². The zero-order chi connectivity index (χ0) is 9.73. The Kier molecular flexibility index (Phi) is 4.42. The quantitative estimate of drug-likeness (QED) is 0.510. The Labute approximate surface area is 83.8 Å². The monoisotopic (exact) mass is 202 g/mol. The molecular weight excluding hydrogens is 180 g/mol. The van der Waals surface area contributed by atoms with E-state index in [0.717, 1.165) is 0 Å². The molecule has 0 saturated heterocycles. The molecule has 13 heavy (non-hydrogen) atoms. The van der Waals surface area contributed by atoms with Crippen molar-refractivity contribution in [2.45, 2.75) is 44.1 Å². The number of hydrogen-bond donors (Lipinski definition) is 0. The molecule has 1 aliphatic rings. The SMILES string of the molecule is COC(OC)([SiH2]C)C1CCCCC1. The van der Waals surface area contributed by atoms with Crippen molar-refractivity contribution in [3.05, 3.63) is 0 Å². The van der Waals surface area contributed by atoms with E-state index < -0.39 is 0 Å². The molecule has 0 aliphatic heterocycles. The molecule has 0 amide bonds. The lowest BCUT2D eigenvalue weighted by molar-refractivity contribution is -0.185. The fourth-order valence-electron chi connectivity index (χ4n) is 2.54. The average Bonchev–Trinajstić information content (AvgIpc) is 2.23. The third kappa shape index (κ3) is 2.33. The first kappa shape index (κ1) is 11.2. The van der Waals surface area contributed by atoms with Gasteiger partial charge in [-0.05, 0) is 12.8 Å². The van der Waals surface area contributed by atoms with E-state index >= 15 is 0 Å². The number of ether oxygens (including phenoxy) is 2. The second-order valence-electron chi connectivity index (χ2n) is 3.91. The first-order valence-corrected chi connectivity index (χ1v) is 7.51. The summed E-state index contributed by atoms with van der Waals surface area (Å²) < 4.78 is 11.2. The molecule has 1 aliphatic carbocycles. The zero-order valence-electron chi connectivity index (χ0n) is 9.14. The largest absolute Gasteiger partial charge is 0.357 e. The lowest BCUT2D eigenvalue weighted by atomic mass is 9.88. The van der Waals surface area contributed by atoms with Gasteiger partial charge in [0.15, 0.2) is 0 Å². The van der Waals surface area contributed by atoms with Gasteiger partial charge in [0.1, 0.15) is 5.41 Å². The Morgan fingerprint density at radius 1 is 1.08 bits per heavy atom. The van der Waals surface area contributed by atoms with Crippen LogP contribution in [0.4, 0.5) is 0 Å². The molecular formula is C10H22O2Si. The van der Waals surface area contributed by atoms with Crippen molar-refractivity contribution in [1.82, 2.24) is 0 Å². The second-order valence-corrected chi connectivity index (χ2v) is 5.60. The van der Waals surface area contributed by atoms with Crippen molar-refractivity contribution in [3.8, 4) is 0 Å². The fraction of sp³-hybridized carbons (Fsp3) is 1.00. The van der Waals surface area contributed by atoms with Crippen molar-refractivity contribution in [1.29, 1.82) is 0 Å². The first-order chi connectivity index (χ1) is 6.29. The highest BCUT2D eigenvalue weighted by Gasteiger charge is 2.37. The van der Waals surface area contributed by atoms with Crippen LogP contribution in [0.25, 0.3) is 0 Å². The van der Waals surface area contributed by atoms with E-state index in [-0.39, 0.29) is 14.9 Å². The minimum Gasteiger partial charge on any atom is -0.357 e. The van der Waals surface area contributed by atoms with Gasteiger partial charge in [0.05, 0.1) is 9.52 Å². The summed E-state index contributed by atoms with van der Waals surface area (Å²) in [6, 6.07) is 0. The van der Waals surface area contributed by atoms with Crippen molar-refractivity contribution >= 4 is 9.52 Å². The topological polar surface area (TPSA) is 18.5 Å². The molecule has 1 saturated carbocycles. The van der Waals surface area contributed by atoms with Gasteiger partial charge in [-0.25, -0.2) is 0 Å². The Morgan fingerprint density at radius 3 is 2.00 bits per heavy atom. The molecule has 0 radical (unpaired) electrons. The van der Waals surface area contributed by atoms with Gasteiger partial charge < -0.3 is 9.47 Å². The molecule has 0 aromatic carbocycles.